The van der Waals surface area contributed by atoms with Crippen LogP contribution in [0.5, 0.6) is 5.75 Å². The summed E-state index contributed by atoms with van der Waals surface area (Å²) >= 11 is 0. The fourth-order valence-corrected chi connectivity index (χ4v) is 1.55. The SMILES string of the molecule is Cc1ccc(OCCCCC(C)(C)C#N)cc1. The number of rotatable bonds is 6. The van der Waals surface area contributed by atoms with Crippen LogP contribution in [0.4, 0.5) is 0 Å². The van der Waals surface area contributed by atoms with E-state index in [1.165, 1.54) is 5.56 Å². The molecule has 0 spiro atoms. The average molecular weight is 231 g/mol. The normalized spacial score (nSPS) is 10.9. The van der Waals surface area contributed by atoms with E-state index >= 15 is 0 Å². The van der Waals surface area contributed by atoms with Crippen molar-refractivity contribution in [3.63, 3.8) is 0 Å². The van der Waals surface area contributed by atoms with Gasteiger partial charge in [0.15, 0.2) is 0 Å². The predicted molar refractivity (Wildman–Crippen MR) is 69.9 cm³/mol. The quantitative estimate of drug-likeness (QED) is 0.691. The first-order chi connectivity index (χ1) is 8.03. The molecule has 2 heteroatoms. The Labute approximate surface area is 104 Å². The Morgan fingerprint density at radius 3 is 2.41 bits per heavy atom. The van der Waals surface area contributed by atoms with Crippen molar-refractivity contribution in [3.8, 4) is 11.8 Å². The molecule has 0 saturated heterocycles. The fourth-order valence-electron chi connectivity index (χ4n) is 1.55. The molecule has 0 radical (unpaired) electrons. The van der Waals surface area contributed by atoms with Crippen LogP contribution in [0.1, 0.15) is 38.7 Å². The third-order valence-electron chi connectivity index (χ3n) is 2.79. The standard InChI is InChI=1S/C15H21NO/c1-13-6-8-14(9-7-13)17-11-5-4-10-15(2,3)12-16/h6-9H,4-5,10-11H2,1-3H3. The zero-order chi connectivity index (χ0) is 12.7. The molecule has 0 amide bonds. The van der Waals surface area contributed by atoms with Gasteiger partial charge in [-0.1, -0.05) is 17.7 Å². The Morgan fingerprint density at radius 1 is 1.18 bits per heavy atom. The Kier molecular flexibility index (Phi) is 5.03. The van der Waals surface area contributed by atoms with E-state index in [4.69, 9.17) is 10.00 Å². The highest BCUT2D eigenvalue weighted by molar-refractivity contribution is 5.26. The van der Waals surface area contributed by atoms with Gasteiger partial charge >= 0.3 is 0 Å². The summed E-state index contributed by atoms with van der Waals surface area (Å²) in [4.78, 5) is 0. The average Bonchev–Trinajstić information content (AvgIpc) is 2.31. The van der Waals surface area contributed by atoms with Crippen molar-refractivity contribution in [2.45, 2.75) is 40.0 Å². The van der Waals surface area contributed by atoms with E-state index < -0.39 is 0 Å². The number of aryl methyl sites for hydroxylation is 1. The molecular weight excluding hydrogens is 210 g/mol. The van der Waals surface area contributed by atoms with Crippen LogP contribution in [0, 0.1) is 23.7 Å². The molecule has 0 heterocycles. The van der Waals surface area contributed by atoms with Crippen LogP contribution in [-0.4, -0.2) is 6.61 Å². The lowest BCUT2D eigenvalue weighted by molar-refractivity contribution is 0.295. The number of hydrogen-bond acceptors (Lipinski definition) is 2. The van der Waals surface area contributed by atoms with Gasteiger partial charge in [-0.2, -0.15) is 5.26 Å². The molecule has 17 heavy (non-hydrogen) atoms. The van der Waals surface area contributed by atoms with Crippen molar-refractivity contribution in [3.05, 3.63) is 29.8 Å². The Morgan fingerprint density at radius 2 is 1.82 bits per heavy atom. The van der Waals surface area contributed by atoms with Gasteiger partial charge in [0, 0.05) is 0 Å². The lowest BCUT2D eigenvalue weighted by Crippen LogP contribution is -2.08. The van der Waals surface area contributed by atoms with Crippen molar-refractivity contribution in [1.29, 1.82) is 5.26 Å². The van der Waals surface area contributed by atoms with E-state index in [0.29, 0.717) is 0 Å². The monoisotopic (exact) mass is 231 g/mol. The van der Waals surface area contributed by atoms with E-state index in [2.05, 4.69) is 13.0 Å². The topological polar surface area (TPSA) is 33.0 Å². The van der Waals surface area contributed by atoms with Gasteiger partial charge in [-0.3, -0.25) is 0 Å². The summed E-state index contributed by atoms with van der Waals surface area (Å²) in [7, 11) is 0. The molecule has 0 unspecified atom stereocenters. The predicted octanol–water partition coefficient (Wildman–Crippen LogP) is 4.09. The molecule has 2 nitrogen and oxygen atoms in total. The summed E-state index contributed by atoms with van der Waals surface area (Å²) in [5.41, 5.74) is 1.04. The summed E-state index contributed by atoms with van der Waals surface area (Å²) in [6.07, 6.45) is 2.96. The molecule has 1 aromatic rings. The van der Waals surface area contributed by atoms with Crippen molar-refractivity contribution in [1.82, 2.24) is 0 Å². The molecule has 0 aliphatic heterocycles. The highest BCUT2D eigenvalue weighted by atomic mass is 16.5. The summed E-state index contributed by atoms with van der Waals surface area (Å²) in [6.45, 7) is 6.75. The van der Waals surface area contributed by atoms with E-state index in [1.807, 2.05) is 38.1 Å². The van der Waals surface area contributed by atoms with Crippen LogP contribution in [0.3, 0.4) is 0 Å². The van der Waals surface area contributed by atoms with Crippen molar-refractivity contribution in [2.75, 3.05) is 6.61 Å². The van der Waals surface area contributed by atoms with Crippen LogP contribution < -0.4 is 4.74 Å². The molecule has 0 aliphatic carbocycles. The van der Waals surface area contributed by atoms with Crippen molar-refractivity contribution < 1.29 is 4.74 Å². The highest BCUT2D eigenvalue weighted by Crippen LogP contribution is 2.21. The second-order valence-corrected chi connectivity index (χ2v) is 5.11. The Balaban J connectivity index is 2.17. The first-order valence-electron chi connectivity index (χ1n) is 6.14. The van der Waals surface area contributed by atoms with Gasteiger partial charge in [-0.15, -0.1) is 0 Å². The largest absolute Gasteiger partial charge is 0.494 e. The highest BCUT2D eigenvalue weighted by Gasteiger charge is 2.15. The maximum Gasteiger partial charge on any atom is 0.119 e. The van der Waals surface area contributed by atoms with Crippen LogP contribution in [0.2, 0.25) is 0 Å². The number of unbranched alkanes of at least 4 members (excludes halogenated alkanes) is 1. The number of nitrogens with zero attached hydrogens (tertiary/aromatic N) is 1. The first-order valence-corrected chi connectivity index (χ1v) is 6.14. The second-order valence-electron chi connectivity index (χ2n) is 5.11. The molecule has 0 bridgehead atoms. The van der Waals surface area contributed by atoms with E-state index in [1.54, 1.807) is 0 Å². The zero-order valence-corrected chi connectivity index (χ0v) is 11.0. The van der Waals surface area contributed by atoms with Gasteiger partial charge in [-0.05, 0) is 52.2 Å². The van der Waals surface area contributed by atoms with Gasteiger partial charge in [0.1, 0.15) is 5.75 Å². The lowest BCUT2D eigenvalue weighted by Gasteiger charge is -2.14. The van der Waals surface area contributed by atoms with Crippen molar-refractivity contribution in [2.24, 2.45) is 5.41 Å². The molecule has 0 aromatic heterocycles. The molecular formula is C15H21NO. The zero-order valence-electron chi connectivity index (χ0n) is 11.0. The first kappa shape index (κ1) is 13.6. The molecule has 1 rings (SSSR count). The summed E-state index contributed by atoms with van der Waals surface area (Å²) in [6, 6.07) is 10.4. The van der Waals surface area contributed by atoms with Gasteiger partial charge in [-0.25, -0.2) is 0 Å². The van der Waals surface area contributed by atoms with E-state index in [9.17, 15) is 0 Å². The van der Waals surface area contributed by atoms with Crippen LogP contribution in [-0.2, 0) is 0 Å². The van der Waals surface area contributed by atoms with E-state index in [0.717, 1.165) is 31.6 Å². The minimum Gasteiger partial charge on any atom is -0.494 e. The lowest BCUT2D eigenvalue weighted by atomic mass is 9.89. The van der Waals surface area contributed by atoms with Gasteiger partial charge in [0.05, 0.1) is 18.1 Å². The summed E-state index contributed by atoms with van der Waals surface area (Å²) in [5.74, 6) is 0.926. The maximum absolute atomic E-state index is 8.87. The smallest absolute Gasteiger partial charge is 0.119 e. The summed E-state index contributed by atoms with van der Waals surface area (Å²) in [5, 5.41) is 8.87. The van der Waals surface area contributed by atoms with Crippen molar-refractivity contribution >= 4 is 0 Å². The number of hydrogen-bond donors (Lipinski definition) is 0. The molecule has 0 atom stereocenters. The Bertz CT molecular complexity index is 373. The van der Waals surface area contributed by atoms with Gasteiger partial charge in [0.25, 0.3) is 0 Å². The number of ether oxygens (including phenoxy) is 1. The minimum atomic E-state index is -0.205. The maximum atomic E-state index is 8.87. The molecule has 92 valence electrons. The molecule has 0 aliphatic rings. The van der Waals surface area contributed by atoms with Gasteiger partial charge < -0.3 is 4.74 Å². The number of benzene rings is 1. The molecule has 0 saturated carbocycles. The Hall–Kier alpha value is -1.49. The number of nitriles is 1. The third kappa shape index (κ3) is 5.40. The molecule has 0 N–H and O–H groups in total. The third-order valence-corrected chi connectivity index (χ3v) is 2.79. The molecule has 0 fully saturated rings. The van der Waals surface area contributed by atoms with E-state index in [-0.39, 0.29) is 5.41 Å². The van der Waals surface area contributed by atoms with Gasteiger partial charge in [0.2, 0.25) is 0 Å². The minimum absolute atomic E-state index is 0.205. The van der Waals surface area contributed by atoms with Crippen LogP contribution >= 0.6 is 0 Å². The summed E-state index contributed by atoms with van der Waals surface area (Å²) < 4.78 is 5.63. The van der Waals surface area contributed by atoms with Crippen LogP contribution in [0.25, 0.3) is 0 Å². The van der Waals surface area contributed by atoms with Crippen LogP contribution in [0.15, 0.2) is 24.3 Å². The molecule has 1 aromatic carbocycles. The fraction of sp³-hybridized carbons (Fsp3) is 0.533. The second kappa shape index (κ2) is 6.30.